The van der Waals surface area contributed by atoms with Crippen LogP contribution in [0.1, 0.15) is 5.56 Å². The second kappa shape index (κ2) is 3.61. The number of ether oxygens (including phenoxy) is 1. The largest absolute Gasteiger partial charge is 0.496 e. The van der Waals surface area contributed by atoms with Gasteiger partial charge in [0.15, 0.2) is 0 Å². The van der Waals surface area contributed by atoms with Crippen LogP contribution < -0.4 is 10.3 Å². The van der Waals surface area contributed by atoms with Crippen molar-refractivity contribution in [2.75, 3.05) is 7.11 Å². The zero-order chi connectivity index (χ0) is 10.8. The minimum Gasteiger partial charge on any atom is -0.496 e. The third-order valence-corrected chi connectivity index (χ3v) is 2.34. The molecule has 0 atom stereocenters. The first kappa shape index (κ1) is 9.52. The Balaban J connectivity index is 2.87. The van der Waals surface area contributed by atoms with Crippen molar-refractivity contribution in [3.63, 3.8) is 0 Å². The number of aromatic amines is 1. The molecule has 1 aromatic carbocycles. The lowest BCUT2D eigenvalue weighted by Crippen LogP contribution is -2.04. The van der Waals surface area contributed by atoms with Gasteiger partial charge in [-0.05, 0) is 23.6 Å². The van der Waals surface area contributed by atoms with Crippen molar-refractivity contribution < 1.29 is 4.74 Å². The van der Waals surface area contributed by atoms with E-state index in [0.29, 0.717) is 5.39 Å². The molecule has 0 aliphatic carbocycles. The van der Waals surface area contributed by atoms with Crippen molar-refractivity contribution in [3.8, 4) is 5.75 Å². The molecule has 0 bridgehead atoms. The minimum absolute atomic E-state index is 0.0988. The van der Waals surface area contributed by atoms with Crippen LogP contribution in [0, 0.1) is 0 Å². The summed E-state index contributed by atoms with van der Waals surface area (Å²) in [4.78, 5) is 14.1. The van der Waals surface area contributed by atoms with Crippen LogP contribution in [0.15, 0.2) is 35.8 Å². The van der Waals surface area contributed by atoms with E-state index in [2.05, 4.69) is 11.6 Å². The molecule has 76 valence electrons. The van der Waals surface area contributed by atoms with Crippen LogP contribution in [0.3, 0.4) is 0 Å². The summed E-state index contributed by atoms with van der Waals surface area (Å²) >= 11 is 0. The number of nitrogens with one attached hydrogen (secondary N) is 1. The maximum absolute atomic E-state index is 11.5. The predicted octanol–water partition coefficient (Wildman–Crippen LogP) is 2.18. The molecule has 0 spiro atoms. The van der Waals surface area contributed by atoms with Crippen LogP contribution in [0.25, 0.3) is 16.8 Å². The lowest BCUT2D eigenvalue weighted by atomic mass is 10.1. The summed E-state index contributed by atoms with van der Waals surface area (Å²) in [6, 6.07) is 5.45. The van der Waals surface area contributed by atoms with Gasteiger partial charge in [0, 0.05) is 17.1 Å². The van der Waals surface area contributed by atoms with E-state index < -0.39 is 0 Å². The van der Waals surface area contributed by atoms with Gasteiger partial charge < -0.3 is 9.72 Å². The van der Waals surface area contributed by atoms with Crippen molar-refractivity contribution in [3.05, 3.63) is 46.9 Å². The number of pyridine rings is 1. The molecule has 3 heteroatoms. The van der Waals surface area contributed by atoms with Gasteiger partial charge in [-0.15, -0.1) is 0 Å². The van der Waals surface area contributed by atoms with E-state index >= 15 is 0 Å². The van der Waals surface area contributed by atoms with Crippen molar-refractivity contribution in [1.82, 2.24) is 4.98 Å². The summed E-state index contributed by atoms with van der Waals surface area (Å²) < 4.78 is 5.20. The highest BCUT2D eigenvalue weighted by Crippen LogP contribution is 2.24. The highest BCUT2D eigenvalue weighted by Gasteiger charge is 2.04. The van der Waals surface area contributed by atoms with Gasteiger partial charge in [-0.1, -0.05) is 12.7 Å². The quantitative estimate of drug-likeness (QED) is 0.809. The Hall–Kier alpha value is -2.03. The molecule has 0 aliphatic heterocycles. The predicted molar refractivity (Wildman–Crippen MR) is 61.2 cm³/mol. The Bertz CT molecular complexity index is 569. The fraction of sp³-hybridized carbons (Fsp3) is 0.0833. The highest BCUT2D eigenvalue weighted by molar-refractivity contribution is 5.86. The molecule has 1 N–H and O–H groups in total. The number of hydrogen-bond acceptors (Lipinski definition) is 2. The molecule has 0 saturated carbocycles. The molecule has 3 nitrogen and oxygen atoms in total. The van der Waals surface area contributed by atoms with Crippen molar-refractivity contribution >= 4 is 16.8 Å². The number of benzene rings is 1. The van der Waals surface area contributed by atoms with Gasteiger partial charge in [-0.25, -0.2) is 0 Å². The Morgan fingerprint density at radius 2 is 2.27 bits per heavy atom. The minimum atomic E-state index is -0.0988. The van der Waals surface area contributed by atoms with E-state index in [1.54, 1.807) is 25.4 Å². The van der Waals surface area contributed by atoms with Crippen LogP contribution in [0.5, 0.6) is 5.75 Å². The molecule has 0 radical (unpaired) electrons. The molecule has 2 rings (SSSR count). The second-order valence-electron chi connectivity index (χ2n) is 3.19. The fourth-order valence-electron chi connectivity index (χ4n) is 1.57. The molecule has 1 heterocycles. The zero-order valence-corrected chi connectivity index (χ0v) is 8.41. The monoisotopic (exact) mass is 201 g/mol. The second-order valence-corrected chi connectivity index (χ2v) is 3.19. The van der Waals surface area contributed by atoms with Crippen LogP contribution in [0.4, 0.5) is 0 Å². The molecule has 0 unspecified atom stereocenters. The van der Waals surface area contributed by atoms with E-state index in [-0.39, 0.29) is 5.56 Å². The topological polar surface area (TPSA) is 42.1 Å². The van der Waals surface area contributed by atoms with Gasteiger partial charge in [0.05, 0.1) is 7.11 Å². The van der Waals surface area contributed by atoms with E-state index in [1.807, 2.05) is 12.1 Å². The van der Waals surface area contributed by atoms with Crippen LogP contribution in [-0.2, 0) is 0 Å². The zero-order valence-electron chi connectivity index (χ0n) is 8.41. The van der Waals surface area contributed by atoms with E-state index in [0.717, 1.165) is 16.7 Å². The average Bonchev–Trinajstić information content (AvgIpc) is 2.28. The molecule has 0 saturated heterocycles. The maximum atomic E-state index is 11.5. The van der Waals surface area contributed by atoms with Crippen molar-refractivity contribution in [1.29, 1.82) is 0 Å². The van der Waals surface area contributed by atoms with Gasteiger partial charge in [0.2, 0.25) is 0 Å². The molecule has 15 heavy (non-hydrogen) atoms. The molecule has 2 aromatic rings. The lowest BCUT2D eigenvalue weighted by molar-refractivity contribution is 0.414. The summed E-state index contributed by atoms with van der Waals surface area (Å²) in [5.41, 5.74) is 0.722. The van der Waals surface area contributed by atoms with E-state index in [9.17, 15) is 4.79 Å². The van der Waals surface area contributed by atoms with Gasteiger partial charge in [-0.3, -0.25) is 4.79 Å². The molecular weight excluding hydrogens is 190 g/mol. The van der Waals surface area contributed by atoms with Crippen LogP contribution in [0.2, 0.25) is 0 Å². The summed E-state index contributed by atoms with van der Waals surface area (Å²) in [6.07, 6.45) is 3.29. The summed E-state index contributed by atoms with van der Waals surface area (Å²) in [5, 5.41) is 1.51. The Morgan fingerprint density at radius 3 is 2.93 bits per heavy atom. The summed E-state index contributed by atoms with van der Waals surface area (Å²) in [6.45, 7) is 3.68. The number of hydrogen-bond donors (Lipinski definition) is 1. The number of methoxy groups -OCH3 is 1. The summed E-state index contributed by atoms with van der Waals surface area (Å²) in [5.74, 6) is 0.725. The average molecular weight is 201 g/mol. The van der Waals surface area contributed by atoms with Crippen molar-refractivity contribution in [2.45, 2.75) is 0 Å². The number of H-pyrrole nitrogens is 1. The number of rotatable bonds is 2. The van der Waals surface area contributed by atoms with E-state index in [4.69, 9.17) is 4.74 Å². The smallest absolute Gasteiger partial charge is 0.255 e. The first-order chi connectivity index (χ1) is 7.26. The molecule has 0 fully saturated rings. The summed E-state index contributed by atoms with van der Waals surface area (Å²) in [7, 11) is 1.60. The normalized spacial score (nSPS) is 10.2. The van der Waals surface area contributed by atoms with Gasteiger partial charge in [-0.2, -0.15) is 0 Å². The lowest BCUT2D eigenvalue weighted by Gasteiger charge is -2.06. The van der Waals surface area contributed by atoms with Crippen LogP contribution in [-0.4, -0.2) is 12.1 Å². The maximum Gasteiger partial charge on any atom is 0.255 e. The molecule has 1 aromatic heterocycles. The Morgan fingerprint density at radius 1 is 1.47 bits per heavy atom. The van der Waals surface area contributed by atoms with Crippen LogP contribution >= 0.6 is 0 Å². The van der Waals surface area contributed by atoms with Gasteiger partial charge in [0.1, 0.15) is 5.75 Å². The Labute approximate surface area is 87.0 Å². The molecule has 0 aliphatic rings. The first-order valence-corrected chi connectivity index (χ1v) is 4.58. The molecular formula is C12H11NO2. The third-order valence-electron chi connectivity index (χ3n) is 2.34. The van der Waals surface area contributed by atoms with Gasteiger partial charge in [0.25, 0.3) is 5.56 Å². The van der Waals surface area contributed by atoms with E-state index in [1.165, 1.54) is 0 Å². The third kappa shape index (κ3) is 1.52. The van der Waals surface area contributed by atoms with Crippen molar-refractivity contribution in [2.24, 2.45) is 0 Å². The standard InChI is InChI=1S/C12H11NO2/c1-3-8-6-10-9(7-11(8)15-2)4-5-13-12(10)14/h3-7H,1H2,2H3,(H,13,14). The fourth-order valence-corrected chi connectivity index (χ4v) is 1.57. The number of aromatic nitrogens is 1. The first-order valence-electron chi connectivity index (χ1n) is 4.58. The SMILES string of the molecule is C=Cc1cc2c(=O)[nH]ccc2cc1OC. The van der Waals surface area contributed by atoms with Gasteiger partial charge >= 0.3 is 0 Å². The Kier molecular flexibility index (Phi) is 2.29. The molecule has 0 amide bonds. The number of fused-ring (bicyclic) bond motifs is 1. The highest BCUT2D eigenvalue weighted by atomic mass is 16.5.